The Morgan fingerprint density at radius 1 is 0.947 bits per heavy atom. The molecule has 2 aromatic rings. The third kappa shape index (κ3) is 4.07. The Bertz CT molecular complexity index is 513. The fourth-order valence-corrected chi connectivity index (χ4v) is 1.91. The van der Waals surface area contributed by atoms with E-state index in [1.807, 2.05) is 36.4 Å². The Balaban J connectivity index is 1.89. The van der Waals surface area contributed by atoms with Crippen LogP contribution in [0.15, 0.2) is 48.5 Å². The minimum absolute atomic E-state index is 0.303. The molecule has 0 fully saturated rings. The monoisotopic (exact) mass is 259 g/mol. The van der Waals surface area contributed by atoms with E-state index in [1.54, 1.807) is 6.07 Å². The van der Waals surface area contributed by atoms with Crippen LogP contribution in [-0.4, -0.2) is 13.2 Å². The molecule has 0 bridgehead atoms. The summed E-state index contributed by atoms with van der Waals surface area (Å²) in [6.45, 7) is 0.991. The second kappa shape index (κ2) is 6.90. The van der Waals surface area contributed by atoms with Crippen LogP contribution in [0.1, 0.15) is 11.1 Å². The third-order valence-corrected chi connectivity index (χ3v) is 2.92. The minimum atomic E-state index is -0.320. The van der Waals surface area contributed by atoms with Crippen LogP contribution in [0.4, 0.5) is 4.39 Å². The summed E-state index contributed by atoms with van der Waals surface area (Å²) in [4.78, 5) is 0. The Kier molecular flexibility index (Phi) is 4.93. The van der Waals surface area contributed by atoms with Gasteiger partial charge in [-0.3, -0.25) is 0 Å². The second-order valence-electron chi connectivity index (χ2n) is 4.39. The van der Waals surface area contributed by atoms with Gasteiger partial charge in [0.15, 0.2) is 11.6 Å². The van der Waals surface area contributed by atoms with Gasteiger partial charge in [-0.1, -0.05) is 36.4 Å². The Labute approximate surface area is 113 Å². The molecule has 0 amide bonds. The maximum atomic E-state index is 13.7. The standard InChI is InChI=1S/C16H18FNO/c17-15-12-14(8-10-18)6-7-16(15)19-11-9-13-4-2-1-3-5-13/h1-7,12H,8-11,18H2. The summed E-state index contributed by atoms with van der Waals surface area (Å²) in [7, 11) is 0. The van der Waals surface area contributed by atoms with Crippen LogP contribution < -0.4 is 10.5 Å². The molecule has 0 unspecified atom stereocenters. The van der Waals surface area contributed by atoms with Crippen molar-refractivity contribution < 1.29 is 9.13 Å². The van der Waals surface area contributed by atoms with Gasteiger partial charge in [-0.05, 0) is 36.2 Å². The molecule has 0 aliphatic carbocycles. The highest BCUT2D eigenvalue weighted by atomic mass is 19.1. The smallest absolute Gasteiger partial charge is 0.165 e. The van der Waals surface area contributed by atoms with E-state index in [1.165, 1.54) is 11.6 Å². The number of ether oxygens (including phenoxy) is 1. The fraction of sp³-hybridized carbons (Fsp3) is 0.250. The first-order valence-electron chi connectivity index (χ1n) is 6.45. The molecule has 0 heterocycles. The van der Waals surface area contributed by atoms with Gasteiger partial charge >= 0.3 is 0 Å². The van der Waals surface area contributed by atoms with Crippen LogP contribution >= 0.6 is 0 Å². The van der Waals surface area contributed by atoms with Crippen LogP contribution in [0, 0.1) is 5.82 Å². The van der Waals surface area contributed by atoms with Gasteiger partial charge < -0.3 is 10.5 Å². The summed E-state index contributed by atoms with van der Waals surface area (Å²) in [6, 6.07) is 15.0. The zero-order chi connectivity index (χ0) is 13.5. The number of hydrogen-bond donors (Lipinski definition) is 1. The normalized spacial score (nSPS) is 10.4. The van der Waals surface area contributed by atoms with Gasteiger partial charge in [0, 0.05) is 6.42 Å². The zero-order valence-electron chi connectivity index (χ0n) is 10.8. The molecular weight excluding hydrogens is 241 g/mol. The summed E-state index contributed by atoms with van der Waals surface area (Å²) < 4.78 is 19.2. The maximum Gasteiger partial charge on any atom is 0.165 e. The van der Waals surface area contributed by atoms with E-state index in [0.29, 0.717) is 25.3 Å². The molecule has 2 N–H and O–H groups in total. The van der Waals surface area contributed by atoms with Crippen molar-refractivity contribution >= 4 is 0 Å². The Hall–Kier alpha value is -1.87. The number of rotatable bonds is 6. The van der Waals surface area contributed by atoms with Gasteiger partial charge in [0.25, 0.3) is 0 Å². The van der Waals surface area contributed by atoms with Gasteiger partial charge in [0.05, 0.1) is 6.61 Å². The predicted octanol–water partition coefficient (Wildman–Crippen LogP) is 2.95. The van der Waals surface area contributed by atoms with Crippen LogP contribution in [-0.2, 0) is 12.8 Å². The average Bonchev–Trinajstić information content (AvgIpc) is 2.43. The largest absolute Gasteiger partial charge is 0.490 e. The summed E-state index contributed by atoms with van der Waals surface area (Å²) in [6.07, 6.45) is 1.45. The van der Waals surface area contributed by atoms with Crippen molar-refractivity contribution in [2.45, 2.75) is 12.8 Å². The molecular formula is C16H18FNO. The predicted molar refractivity (Wildman–Crippen MR) is 74.8 cm³/mol. The van der Waals surface area contributed by atoms with E-state index in [2.05, 4.69) is 0 Å². The van der Waals surface area contributed by atoms with E-state index < -0.39 is 0 Å². The molecule has 0 aliphatic rings. The average molecular weight is 259 g/mol. The number of nitrogens with two attached hydrogens (primary N) is 1. The summed E-state index contributed by atoms with van der Waals surface area (Å²) in [5, 5.41) is 0. The highest BCUT2D eigenvalue weighted by molar-refractivity contribution is 5.29. The Morgan fingerprint density at radius 3 is 2.42 bits per heavy atom. The van der Waals surface area contributed by atoms with Crippen molar-refractivity contribution in [2.24, 2.45) is 5.73 Å². The molecule has 0 saturated heterocycles. The van der Waals surface area contributed by atoms with E-state index in [4.69, 9.17) is 10.5 Å². The molecule has 0 aromatic heterocycles. The third-order valence-electron chi connectivity index (χ3n) is 2.92. The van der Waals surface area contributed by atoms with Gasteiger partial charge in [-0.15, -0.1) is 0 Å². The lowest BCUT2D eigenvalue weighted by molar-refractivity contribution is 0.305. The van der Waals surface area contributed by atoms with E-state index in [-0.39, 0.29) is 5.82 Å². The Morgan fingerprint density at radius 2 is 1.74 bits per heavy atom. The molecule has 2 aromatic carbocycles. The molecule has 100 valence electrons. The number of benzene rings is 2. The number of hydrogen-bond acceptors (Lipinski definition) is 2. The molecule has 2 nitrogen and oxygen atoms in total. The fourth-order valence-electron chi connectivity index (χ4n) is 1.91. The quantitative estimate of drug-likeness (QED) is 0.865. The molecule has 2 rings (SSSR count). The first-order valence-corrected chi connectivity index (χ1v) is 6.45. The van der Waals surface area contributed by atoms with Crippen molar-refractivity contribution in [2.75, 3.05) is 13.2 Å². The SMILES string of the molecule is NCCc1ccc(OCCc2ccccc2)c(F)c1. The molecule has 0 spiro atoms. The van der Waals surface area contributed by atoms with Crippen LogP contribution in [0.25, 0.3) is 0 Å². The van der Waals surface area contributed by atoms with Gasteiger partial charge in [0.2, 0.25) is 0 Å². The minimum Gasteiger partial charge on any atom is -0.490 e. The zero-order valence-corrected chi connectivity index (χ0v) is 10.8. The lowest BCUT2D eigenvalue weighted by Gasteiger charge is -2.08. The topological polar surface area (TPSA) is 35.2 Å². The summed E-state index contributed by atoms with van der Waals surface area (Å²) in [5.74, 6) is -0.0179. The van der Waals surface area contributed by atoms with Gasteiger partial charge in [0.1, 0.15) is 0 Å². The summed E-state index contributed by atoms with van der Waals surface area (Å²) in [5.41, 5.74) is 7.52. The van der Waals surface area contributed by atoms with E-state index in [0.717, 1.165) is 12.0 Å². The van der Waals surface area contributed by atoms with Crippen LogP contribution in [0.2, 0.25) is 0 Å². The lowest BCUT2D eigenvalue weighted by atomic mass is 10.1. The summed E-state index contributed by atoms with van der Waals surface area (Å²) >= 11 is 0. The molecule has 19 heavy (non-hydrogen) atoms. The van der Waals surface area contributed by atoms with Gasteiger partial charge in [-0.2, -0.15) is 0 Å². The van der Waals surface area contributed by atoms with Crippen molar-refractivity contribution in [3.8, 4) is 5.75 Å². The van der Waals surface area contributed by atoms with Crippen molar-refractivity contribution in [1.29, 1.82) is 0 Å². The molecule has 0 atom stereocenters. The van der Waals surface area contributed by atoms with E-state index in [9.17, 15) is 4.39 Å². The molecule has 3 heteroatoms. The van der Waals surface area contributed by atoms with Crippen LogP contribution in [0.5, 0.6) is 5.75 Å². The highest BCUT2D eigenvalue weighted by Crippen LogP contribution is 2.18. The molecule has 0 radical (unpaired) electrons. The first-order chi connectivity index (χ1) is 9.29. The van der Waals surface area contributed by atoms with Crippen LogP contribution in [0.3, 0.4) is 0 Å². The van der Waals surface area contributed by atoms with E-state index >= 15 is 0 Å². The lowest BCUT2D eigenvalue weighted by Crippen LogP contribution is -2.05. The first kappa shape index (κ1) is 13.6. The molecule has 0 saturated carbocycles. The molecule has 0 aliphatic heterocycles. The van der Waals surface area contributed by atoms with Gasteiger partial charge in [-0.25, -0.2) is 4.39 Å². The maximum absolute atomic E-state index is 13.7. The second-order valence-corrected chi connectivity index (χ2v) is 4.39. The van der Waals surface area contributed by atoms with Crippen molar-refractivity contribution in [3.63, 3.8) is 0 Å². The number of halogens is 1. The van der Waals surface area contributed by atoms with Crippen molar-refractivity contribution in [1.82, 2.24) is 0 Å². The van der Waals surface area contributed by atoms with Crippen molar-refractivity contribution in [3.05, 3.63) is 65.5 Å². The highest BCUT2D eigenvalue weighted by Gasteiger charge is 2.04.